The van der Waals surface area contributed by atoms with E-state index in [1.54, 1.807) is 30.0 Å². The number of nitrogens with one attached hydrogen (secondary N) is 1. The lowest BCUT2D eigenvalue weighted by Crippen LogP contribution is -2.46. The number of benzene rings is 2. The molecule has 32 heavy (non-hydrogen) atoms. The molecule has 1 N–H and O–H groups in total. The van der Waals surface area contributed by atoms with E-state index in [-0.39, 0.29) is 27.2 Å². The number of hydrogen-bond acceptors (Lipinski definition) is 4. The highest BCUT2D eigenvalue weighted by Gasteiger charge is 2.62. The average Bonchev–Trinajstić information content (AvgIpc) is 3.20. The summed E-state index contributed by atoms with van der Waals surface area (Å²) in [5.41, 5.74) is -1.16. The minimum Gasteiger partial charge on any atom is -0.374 e. The SMILES string of the molecule is Cc1cc(C2=NOC(c3cc(Cl)cc(Cl)c3)(C(F)(F)F)C2)ccc1C(=O)N1CCNCC1. The third kappa shape index (κ3) is 4.19. The summed E-state index contributed by atoms with van der Waals surface area (Å²) in [6.07, 6.45) is -5.31. The van der Waals surface area contributed by atoms with Crippen LogP contribution in [0.25, 0.3) is 0 Å². The summed E-state index contributed by atoms with van der Waals surface area (Å²) in [5, 5.41) is 7.10. The number of rotatable bonds is 3. The topological polar surface area (TPSA) is 53.9 Å². The molecular weight excluding hydrogens is 466 g/mol. The van der Waals surface area contributed by atoms with Crippen LogP contribution in [0.5, 0.6) is 0 Å². The van der Waals surface area contributed by atoms with Crippen molar-refractivity contribution in [2.24, 2.45) is 5.16 Å². The van der Waals surface area contributed by atoms with Crippen LogP contribution in [0, 0.1) is 6.92 Å². The van der Waals surface area contributed by atoms with Crippen LogP contribution in [0.1, 0.15) is 33.5 Å². The van der Waals surface area contributed by atoms with Gasteiger partial charge < -0.3 is 15.1 Å². The molecule has 0 spiro atoms. The maximum atomic E-state index is 14.2. The highest BCUT2D eigenvalue weighted by Crippen LogP contribution is 2.49. The molecule has 10 heteroatoms. The van der Waals surface area contributed by atoms with Gasteiger partial charge in [0.25, 0.3) is 11.5 Å². The van der Waals surface area contributed by atoms with E-state index in [0.29, 0.717) is 29.8 Å². The molecule has 0 radical (unpaired) electrons. The first kappa shape index (κ1) is 22.9. The van der Waals surface area contributed by atoms with Crippen molar-refractivity contribution in [2.75, 3.05) is 26.2 Å². The fraction of sp³-hybridized carbons (Fsp3) is 0.364. The van der Waals surface area contributed by atoms with Gasteiger partial charge in [-0.15, -0.1) is 0 Å². The van der Waals surface area contributed by atoms with Crippen molar-refractivity contribution < 1.29 is 22.8 Å². The number of carbonyl (C=O) groups excluding carboxylic acids is 1. The van der Waals surface area contributed by atoms with Gasteiger partial charge in [0.15, 0.2) is 0 Å². The normalized spacial score (nSPS) is 21.3. The largest absolute Gasteiger partial charge is 0.435 e. The van der Waals surface area contributed by atoms with E-state index in [2.05, 4.69) is 10.5 Å². The Balaban J connectivity index is 1.62. The molecule has 170 valence electrons. The van der Waals surface area contributed by atoms with Crippen LogP contribution in [-0.2, 0) is 10.4 Å². The molecule has 2 aliphatic heterocycles. The first-order chi connectivity index (χ1) is 15.1. The Labute approximate surface area is 193 Å². The number of halogens is 5. The zero-order valence-electron chi connectivity index (χ0n) is 17.1. The van der Waals surface area contributed by atoms with Crippen LogP contribution in [-0.4, -0.2) is 48.9 Å². The number of aryl methyl sites for hydroxylation is 1. The summed E-state index contributed by atoms with van der Waals surface area (Å²) in [5.74, 6) is -0.0987. The van der Waals surface area contributed by atoms with Crippen molar-refractivity contribution >= 4 is 34.8 Å². The van der Waals surface area contributed by atoms with Gasteiger partial charge >= 0.3 is 6.18 Å². The van der Waals surface area contributed by atoms with Gasteiger partial charge in [-0.2, -0.15) is 13.2 Å². The second-order valence-corrected chi connectivity index (χ2v) is 8.73. The summed E-state index contributed by atoms with van der Waals surface area (Å²) in [6, 6.07) is 8.60. The minimum absolute atomic E-state index is 0.0693. The lowest BCUT2D eigenvalue weighted by molar-refractivity contribution is -0.275. The molecule has 2 aromatic carbocycles. The Morgan fingerprint density at radius 3 is 2.38 bits per heavy atom. The van der Waals surface area contributed by atoms with E-state index < -0.39 is 18.2 Å². The molecule has 1 amide bonds. The summed E-state index contributed by atoms with van der Waals surface area (Å²) in [6.45, 7) is 4.42. The van der Waals surface area contributed by atoms with Gasteiger partial charge in [-0.1, -0.05) is 34.4 Å². The molecule has 2 aliphatic rings. The molecule has 1 atom stereocenters. The molecule has 5 nitrogen and oxygen atoms in total. The summed E-state index contributed by atoms with van der Waals surface area (Å²) in [4.78, 5) is 19.6. The van der Waals surface area contributed by atoms with Gasteiger partial charge in [-0.05, 0) is 48.4 Å². The van der Waals surface area contributed by atoms with Gasteiger partial charge in [0.1, 0.15) is 0 Å². The second-order valence-electron chi connectivity index (χ2n) is 7.86. The number of piperazine rings is 1. The van der Waals surface area contributed by atoms with Crippen LogP contribution in [0.2, 0.25) is 10.0 Å². The Hall–Kier alpha value is -2.29. The number of alkyl halides is 3. The molecule has 4 rings (SSSR count). The third-order valence-corrected chi connectivity index (χ3v) is 6.15. The van der Waals surface area contributed by atoms with E-state index in [9.17, 15) is 18.0 Å². The second kappa shape index (κ2) is 8.57. The Morgan fingerprint density at radius 2 is 1.78 bits per heavy atom. The summed E-state index contributed by atoms with van der Waals surface area (Å²) >= 11 is 11.9. The molecule has 0 aliphatic carbocycles. The summed E-state index contributed by atoms with van der Waals surface area (Å²) < 4.78 is 42.5. The molecule has 1 saturated heterocycles. The molecule has 0 saturated carbocycles. The van der Waals surface area contributed by atoms with Crippen LogP contribution in [0.3, 0.4) is 0 Å². The van der Waals surface area contributed by atoms with Crippen molar-refractivity contribution in [3.8, 4) is 0 Å². The van der Waals surface area contributed by atoms with E-state index in [1.165, 1.54) is 18.2 Å². The van der Waals surface area contributed by atoms with Crippen LogP contribution in [0.15, 0.2) is 41.6 Å². The Bertz CT molecular complexity index is 1060. The van der Waals surface area contributed by atoms with E-state index in [1.807, 2.05) is 0 Å². The number of carbonyl (C=O) groups is 1. The maximum Gasteiger partial charge on any atom is 0.435 e. The predicted molar refractivity (Wildman–Crippen MR) is 116 cm³/mol. The molecule has 0 aromatic heterocycles. The molecule has 0 bridgehead atoms. The number of hydrogen-bond donors (Lipinski definition) is 1. The Morgan fingerprint density at radius 1 is 1.12 bits per heavy atom. The van der Waals surface area contributed by atoms with Crippen molar-refractivity contribution in [1.29, 1.82) is 0 Å². The molecule has 1 unspecified atom stereocenters. The number of oxime groups is 1. The zero-order chi connectivity index (χ0) is 23.1. The van der Waals surface area contributed by atoms with E-state index in [0.717, 1.165) is 13.1 Å². The molecule has 2 heterocycles. The first-order valence-corrected chi connectivity index (χ1v) is 10.8. The van der Waals surface area contributed by atoms with Gasteiger partial charge in [0, 0.05) is 53.8 Å². The van der Waals surface area contributed by atoms with Crippen molar-refractivity contribution in [3.63, 3.8) is 0 Å². The van der Waals surface area contributed by atoms with Crippen molar-refractivity contribution in [3.05, 3.63) is 68.7 Å². The third-order valence-electron chi connectivity index (χ3n) is 5.71. The average molecular weight is 486 g/mol. The molecular formula is C22H20Cl2F3N3O2. The van der Waals surface area contributed by atoms with Crippen LogP contribution < -0.4 is 5.32 Å². The highest BCUT2D eigenvalue weighted by atomic mass is 35.5. The monoisotopic (exact) mass is 485 g/mol. The smallest absolute Gasteiger partial charge is 0.374 e. The number of amides is 1. The lowest BCUT2D eigenvalue weighted by Gasteiger charge is -2.29. The zero-order valence-corrected chi connectivity index (χ0v) is 18.6. The van der Waals surface area contributed by atoms with Crippen molar-refractivity contribution in [2.45, 2.75) is 25.1 Å². The van der Waals surface area contributed by atoms with E-state index in [4.69, 9.17) is 28.0 Å². The van der Waals surface area contributed by atoms with Crippen LogP contribution >= 0.6 is 23.2 Å². The molecule has 2 aromatic rings. The highest BCUT2D eigenvalue weighted by molar-refractivity contribution is 6.34. The Kier molecular flexibility index (Phi) is 6.13. The minimum atomic E-state index is -4.76. The van der Waals surface area contributed by atoms with Gasteiger partial charge in [-0.3, -0.25) is 4.79 Å². The van der Waals surface area contributed by atoms with Gasteiger partial charge in [-0.25, -0.2) is 0 Å². The van der Waals surface area contributed by atoms with E-state index >= 15 is 0 Å². The van der Waals surface area contributed by atoms with Crippen LogP contribution in [0.4, 0.5) is 13.2 Å². The fourth-order valence-corrected chi connectivity index (χ4v) is 4.49. The van der Waals surface area contributed by atoms with Crippen molar-refractivity contribution in [1.82, 2.24) is 10.2 Å². The predicted octanol–water partition coefficient (Wildman–Crippen LogP) is 4.93. The maximum absolute atomic E-state index is 14.2. The fourth-order valence-electron chi connectivity index (χ4n) is 3.97. The number of nitrogens with zero attached hydrogens (tertiary/aromatic N) is 2. The quantitative estimate of drug-likeness (QED) is 0.670. The lowest BCUT2D eigenvalue weighted by atomic mass is 9.86. The standard InChI is InChI=1S/C22H20Cl2F3N3O2/c1-13-8-14(2-3-18(13)20(31)30-6-4-28-5-7-30)19-12-21(32-29-19,22(25,26)27)15-9-16(23)11-17(24)10-15/h2-3,8-11,28H,4-7,12H2,1H3. The van der Waals surface area contributed by atoms with Gasteiger partial charge in [0.2, 0.25) is 0 Å². The summed E-state index contributed by atoms with van der Waals surface area (Å²) in [7, 11) is 0. The van der Waals surface area contributed by atoms with Gasteiger partial charge in [0.05, 0.1) is 5.71 Å². The molecule has 1 fully saturated rings. The first-order valence-electron chi connectivity index (χ1n) is 10.00.